The van der Waals surface area contributed by atoms with Crippen molar-refractivity contribution in [3.63, 3.8) is 0 Å². The molecule has 0 spiro atoms. The van der Waals surface area contributed by atoms with E-state index in [0.717, 1.165) is 32.4 Å². The van der Waals surface area contributed by atoms with E-state index in [2.05, 4.69) is 41.8 Å². The van der Waals surface area contributed by atoms with Gasteiger partial charge in [-0.1, -0.05) is 24.3 Å². The summed E-state index contributed by atoms with van der Waals surface area (Å²) >= 11 is 0. The van der Waals surface area contributed by atoms with Gasteiger partial charge < -0.3 is 10.6 Å². The van der Waals surface area contributed by atoms with Crippen LogP contribution in [0.2, 0.25) is 0 Å². The van der Waals surface area contributed by atoms with Gasteiger partial charge in [-0.15, -0.1) is 0 Å². The molecule has 4 rings (SSSR count). The third kappa shape index (κ3) is 2.28. The van der Waals surface area contributed by atoms with Crippen molar-refractivity contribution in [3.05, 3.63) is 35.4 Å². The van der Waals surface area contributed by atoms with E-state index in [-0.39, 0.29) is 11.5 Å². The van der Waals surface area contributed by atoms with Crippen LogP contribution in [0.15, 0.2) is 24.3 Å². The molecule has 2 fully saturated rings. The van der Waals surface area contributed by atoms with Crippen LogP contribution in [-0.2, 0) is 11.2 Å². The van der Waals surface area contributed by atoms with Crippen molar-refractivity contribution >= 4 is 5.91 Å². The number of hydrogen-bond acceptors (Lipinski definition) is 2. The lowest BCUT2D eigenvalue weighted by atomic mass is 9.90. The number of fused-ring (bicyclic) bond motifs is 3. The molecule has 1 aliphatic heterocycles. The highest BCUT2D eigenvalue weighted by molar-refractivity contribution is 5.84. The Kier molecular flexibility index (Phi) is 3.07. The SMILES string of the molecule is CC1(NC(=O)C2C3CCc4ccccc4C32)CCNCC1. The minimum Gasteiger partial charge on any atom is -0.351 e. The van der Waals surface area contributed by atoms with Gasteiger partial charge in [0.05, 0.1) is 0 Å². The summed E-state index contributed by atoms with van der Waals surface area (Å²) in [5.74, 6) is 1.59. The highest BCUT2D eigenvalue weighted by atomic mass is 16.2. The lowest BCUT2D eigenvalue weighted by Crippen LogP contribution is -2.52. The second kappa shape index (κ2) is 4.84. The minimum atomic E-state index is -0.00635. The predicted octanol–water partition coefficient (Wildman–Crippen LogP) is 2.22. The number of hydrogen-bond donors (Lipinski definition) is 2. The lowest BCUT2D eigenvalue weighted by Gasteiger charge is -2.35. The summed E-state index contributed by atoms with van der Waals surface area (Å²) in [6.07, 6.45) is 4.40. The quantitative estimate of drug-likeness (QED) is 0.874. The Morgan fingerprint density at radius 1 is 1.29 bits per heavy atom. The molecular weight excluding hydrogens is 260 g/mol. The monoisotopic (exact) mass is 284 g/mol. The Labute approximate surface area is 126 Å². The Hall–Kier alpha value is -1.35. The fraction of sp³-hybridized carbons (Fsp3) is 0.611. The first kappa shape index (κ1) is 13.3. The topological polar surface area (TPSA) is 41.1 Å². The molecule has 1 heterocycles. The third-order valence-corrected chi connectivity index (χ3v) is 5.76. The van der Waals surface area contributed by atoms with Crippen LogP contribution in [-0.4, -0.2) is 24.5 Å². The van der Waals surface area contributed by atoms with Crippen molar-refractivity contribution in [3.8, 4) is 0 Å². The molecule has 2 aliphatic carbocycles. The van der Waals surface area contributed by atoms with E-state index in [1.54, 1.807) is 0 Å². The number of amides is 1. The zero-order valence-corrected chi connectivity index (χ0v) is 12.7. The van der Waals surface area contributed by atoms with Gasteiger partial charge in [-0.3, -0.25) is 4.79 Å². The molecule has 3 nitrogen and oxygen atoms in total. The summed E-state index contributed by atoms with van der Waals surface area (Å²) in [6.45, 7) is 4.22. The molecule has 1 saturated heterocycles. The predicted molar refractivity (Wildman–Crippen MR) is 83.1 cm³/mol. The molecule has 3 atom stereocenters. The number of benzene rings is 1. The molecule has 1 saturated carbocycles. The third-order valence-electron chi connectivity index (χ3n) is 5.76. The molecule has 2 N–H and O–H groups in total. The van der Waals surface area contributed by atoms with E-state index in [0.29, 0.717) is 17.7 Å². The van der Waals surface area contributed by atoms with E-state index in [9.17, 15) is 4.79 Å². The van der Waals surface area contributed by atoms with Crippen LogP contribution in [0.1, 0.15) is 43.2 Å². The largest absolute Gasteiger partial charge is 0.351 e. The van der Waals surface area contributed by atoms with Crippen molar-refractivity contribution < 1.29 is 4.79 Å². The van der Waals surface area contributed by atoms with Crippen molar-refractivity contribution in [2.75, 3.05) is 13.1 Å². The number of aryl methyl sites for hydroxylation is 1. The van der Waals surface area contributed by atoms with Crippen LogP contribution in [0, 0.1) is 11.8 Å². The first-order valence-electron chi connectivity index (χ1n) is 8.28. The van der Waals surface area contributed by atoms with Crippen molar-refractivity contribution in [2.24, 2.45) is 11.8 Å². The highest BCUT2D eigenvalue weighted by Gasteiger charge is 2.57. The fourth-order valence-corrected chi connectivity index (χ4v) is 4.41. The van der Waals surface area contributed by atoms with Crippen LogP contribution >= 0.6 is 0 Å². The maximum atomic E-state index is 12.7. The average molecular weight is 284 g/mol. The molecule has 1 aromatic carbocycles. The second-order valence-electron chi connectivity index (χ2n) is 7.25. The number of nitrogens with one attached hydrogen (secondary N) is 2. The maximum Gasteiger partial charge on any atom is 0.224 e. The van der Waals surface area contributed by atoms with Gasteiger partial charge in [-0.2, -0.15) is 0 Å². The van der Waals surface area contributed by atoms with E-state index in [1.807, 2.05) is 0 Å². The Morgan fingerprint density at radius 3 is 2.86 bits per heavy atom. The standard InChI is InChI=1S/C18H24N2O/c1-18(8-10-19-11-9-18)20-17(21)16-14-7-6-12-4-2-3-5-13(12)15(14)16/h2-5,14-16,19H,6-11H2,1H3,(H,20,21). The average Bonchev–Trinajstić information content (AvgIpc) is 3.22. The normalized spacial score (nSPS) is 32.7. The fourth-order valence-electron chi connectivity index (χ4n) is 4.41. The molecule has 0 bridgehead atoms. The molecule has 3 unspecified atom stereocenters. The molecule has 21 heavy (non-hydrogen) atoms. The lowest BCUT2D eigenvalue weighted by molar-refractivity contribution is -0.124. The van der Waals surface area contributed by atoms with Crippen LogP contribution < -0.4 is 10.6 Å². The zero-order valence-electron chi connectivity index (χ0n) is 12.7. The molecular formula is C18H24N2O. The molecule has 1 aromatic rings. The number of piperidine rings is 1. The van der Waals surface area contributed by atoms with Crippen molar-refractivity contribution in [2.45, 2.75) is 44.1 Å². The van der Waals surface area contributed by atoms with E-state index in [1.165, 1.54) is 17.5 Å². The summed E-state index contributed by atoms with van der Waals surface area (Å²) in [7, 11) is 0. The molecule has 3 heteroatoms. The summed E-state index contributed by atoms with van der Waals surface area (Å²) in [5.41, 5.74) is 2.89. The van der Waals surface area contributed by atoms with Crippen LogP contribution in [0.3, 0.4) is 0 Å². The van der Waals surface area contributed by atoms with Gasteiger partial charge in [-0.25, -0.2) is 0 Å². The smallest absolute Gasteiger partial charge is 0.224 e. The number of carbonyl (C=O) groups is 1. The zero-order chi connectivity index (χ0) is 14.4. The van der Waals surface area contributed by atoms with Gasteiger partial charge in [0.2, 0.25) is 5.91 Å². The van der Waals surface area contributed by atoms with Crippen LogP contribution in [0.4, 0.5) is 0 Å². The van der Waals surface area contributed by atoms with Crippen LogP contribution in [0.25, 0.3) is 0 Å². The molecule has 0 aromatic heterocycles. The van der Waals surface area contributed by atoms with Gasteiger partial charge in [-0.05, 0) is 68.7 Å². The molecule has 3 aliphatic rings. The van der Waals surface area contributed by atoms with E-state index >= 15 is 0 Å². The summed E-state index contributed by atoms with van der Waals surface area (Å²) in [5, 5.41) is 6.74. The summed E-state index contributed by atoms with van der Waals surface area (Å²) in [6, 6.07) is 8.69. The maximum absolute atomic E-state index is 12.7. The first-order valence-corrected chi connectivity index (χ1v) is 8.28. The molecule has 1 amide bonds. The summed E-state index contributed by atoms with van der Waals surface area (Å²) in [4.78, 5) is 12.7. The molecule has 112 valence electrons. The summed E-state index contributed by atoms with van der Waals surface area (Å²) < 4.78 is 0. The Balaban J connectivity index is 1.48. The van der Waals surface area contributed by atoms with E-state index < -0.39 is 0 Å². The Morgan fingerprint density at radius 2 is 2.05 bits per heavy atom. The van der Waals surface area contributed by atoms with Gasteiger partial charge in [0.1, 0.15) is 0 Å². The van der Waals surface area contributed by atoms with Crippen molar-refractivity contribution in [1.82, 2.24) is 10.6 Å². The minimum absolute atomic E-state index is 0.00635. The first-order chi connectivity index (χ1) is 10.2. The Bertz CT molecular complexity index is 562. The van der Waals surface area contributed by atoms with Gasteiger partial charge in [0, 0.05) is 11.5 Å². The van der Waals surface area contributed by atoms with Crippen molar-refractivity contribution in [1.29, 1.82) is 0 Å². The number of carbonyl (C=O) groups excluding carboxylic acids is 1. The van der Waals surface area contributed by atoms with Gasteiger partial charge in [0.25, 0.3) is 0 Å². The number of rotatable bonds is 2. The van der Waals surface area contributed by atoms with Crippen LogP contribution in [0.5, 0.6) is 0 Å². The molecule has 0 radical (unpaired) electrons. The van der Waals surface area contributed by atoms with E-state index in [4.69, 9.17) is 0 Å². The highest BCUT2D eigenvalue weighted by Crippen LogP contribution is 2.59. The second-order valence-corrected chi connectivity index (χ2v) is 7.25. The van der Waals surface area contributed by atoms with Gasteiger partial charge in [0.15, 0.2) is 0 Å². The van der Waals surface area contributed by atoms with Gasteiger partial charge >= 0.3 is 0 Å².